The second-order valence-electron chi connectivity index (χ2n) is 3.52. The second kappa shape index (κ2) is 2.82. The number of rotatable bonds is 0. The zero-order valence-corrected chi connectivity index (χ0v) is 7.06. The molecule has 1 aliphatic carbocycles. The number of allylic oxidation sites excluding steroid dienone is 1. The minimum Gasteiger partial charge on any atom is -0.312 e. The summed E-state index contributed by atoms with van der Waals surface area (Å²) in [5, 5.41) is 3.42. The molecule has 2 aliphatic rings. The van der Waals surface area contributed by atoms with E-state index < -0.39 is 0 Å². The summed E-state index contributed by atoms with van der Waals surface area (Å²) in [6.07, 6.45) is 7.14. The molecule has 0 radical (unpaired) electrons. The molecule has 1 aliphatic heterocycles. The first-order valence-corrected chi connectivity index (χ1v) is 4.47. The van der Waals surface area contributed by atoms with Crippen molar-refractivity contribution in [2.75, 3.05) is 13.1 Å². The lowest BCUT2D eigenvalue weighted by molar-refractivity contribution is 0.533. The van der Waals surface area contributed by atoms with Crippen molar-refractivity contribution in [3.8, 4) is 0 Å². The van der Waals surface area contributed by atoms with Gasteiger partial charge < -0.3 is 5.32 Å². The van der Waals surface area contributed by atoms with Crippen LogP contribution in [0.2, 0.25) is 0 Å². The Bertz CT molecular complexity index is 213. The molecule has 1 atom stereocenters. The lowest BCUT2D eigenvalue weighted by Gasteiger charge is -2.27. The molecule has 0 aromatic heterocycles. The van der Waals surface area contributed by atoms with Crippen molar-refractivity contribution in [1.82, 2.24) is 5.32 Å². The third-order valence-corrected chi connectivity index (χ3v) is 2.67. The van der Waals surface area contributed by atoms with Crippen LogP contribution in [-0.4, -0.2) is 13.1 Å². The third-order valence-electron chi connectivity index (χ3n) is 2.67. The number of hydrogen-bond acceptors (Lipinski definition) is 1. The maximum atomic E-state index is 3.42. The largest absolute Gasteiger partial charge is 0.312 e. The molecule has 0 bridgehead atoms. The molecule has 0 aromatic rings. The molecular weight excluding hydrogens is 134 g/mol. The van der Waals surface area contributed by atoms with Gasteiger partial charge in [-0.1, -0.05) is 24.6 Å². The van der Waals surface area contributed by atoms with Crippen molar-refractivity contribution < 1.29 is 0 Å². The lowest BCUT2D eigenvalue weighted by atomic mass is 9.86. The Balaban J connectivity index is 2.28. The van der Waals surface area contributed by atoms with Gasteiger partial charge in [-0.3, -0.25) is 0 Å². The summed E-state index contributed by atoms with van der Waals surface area (Å²) in [5.74, 6) is 0.767. The summed E-state index contributed by atoms with van der Waals surface area (Å²) in [7, 11) is 0. The Morgan fingerprint density at radius 3 is 3.27 bits per heavy atom. The first-order valence-electron chi connectivity index (χ1n) is 4.47. The van der Waals surface area contributed by atoms with Crippen LogP contribution in [0.3, 0.4) is 0 Å². The van der Waals surface area contributed by atoms with Gasteiger partial charge in [0.1, 0.15) is 0 Å². The molecule has 0 amide bonds. The van der Waals surface area contributed by atoms with E-state index in [1.807, 2.05) is 0 Å². The monoisotopic (exact) mass is 149 g/mol. The van der Waals surface area contributed by atoms with Gasteiger partial charge in [0.15, 0.2) is 0 Å². The van der Waals surface area contributed by atoms with Gasteiger partial charge in [0.25, 0.3) is 0 Å². The standard InChI is InChI=1S/C10H15N/c1-8-6-11-7-9-4-2-3-5-10(8)9/h2,4,8,11H,3,5-7H2,1H3. The van der Waals surface area contributed by atoms with E-state index in [0.717, 1.165) is 12.5 Å². The first kappa shape index (κ1) is 7.11. The Morgan fingerprint density at radius 1 is 1.55 bits per heavy atom. The van der Waals surface area contributed by atoms with Crippen LogP contribution in [0.1, 0.15) is 19.8 Å². The lowest BCUT2D eigenvalue weighted by Crippen LogP contribution is -2.31. The molecule has 0 saturated carbocycles. The van der Waals surface area contributed by atoms with Crippen molar-refractivity contribution in [2.24, 2.45) is 5.92 Å². The highest BCUT2D eigenvalue weighted by atomic mass is 14.9. The summed E-state index contributed by atoms with van der Waals surface area (Å²) in [4.78, 5) is 0. The van der Waals surface area contributed by atoms with Gasteiger partial charge in [-0.25, -0.2) is 0 Å². The zero-order chi connectivity index (χ0) is 7.68. The van der Waals surface area contributed by atoms with Crippen molar-refractivity contribution in [3.63, 3.8) is 0 Å². The van der Waals surface area contributed by atoms with Gasteiger partial charge in [0.2, 0.25) is 0 Å². The first-order chi connectivity index (χ1) is 5.38. The van der Waals surface area contributed by atoms with Crippen molar-refractivity contribution in [2.45, 2.75) is 19.8 Å². The van der Waals surface area contributed by atoms with Crippen molar-refractivity contribution in [1.29, 1.82) is 0 Å². The molecule has 0 aromatic carbocycles. The minimum atomic E-state index is 0.767. The predicted molar refractivity (Wildman–Crippen MR) is 47.4 cm³/mol. The van der Waals surface area contributed by atoms with Gasteiger partial charge in [-0.05, 0) is 24.3 Å². The van der Waals surface area contributed by atoms with E-state index in [2.05, 4.69) is 24.4 Å². The second-order valence-corrected chi connectivity index (χ2v) is 3.52. The van der Waals surface area contributed by atoms with Crippen molar-refractivity contribution >= 4 is 0 Å². The van der Waals surface area contributed by atoms with E-state index in [-0.39, 0.29) is 0 Å². The molecule has 1 heterocycles. The van der Waals surface area contributed by atoms with E-state index in [1.54, 1.807) is 11.1 Å². The fraction of sp³-hybridized carbons (Fsp3) is 0.600. The van der Waals surface area contributed by atoms with Gasteiger partial charge in [-0.2, -0.15) is 0 Å². The van der Waals surface area contributed by atoms with Crippen LogP contribution < -0.4 is 5.32 Å². The Labute approximate surface area is 68.2 Å². The van der Waals surface area contributed by atoms with Crippen LogP contribution in [0, 0.1) is 5.92 Å². The van der Waals surface area contributed by atoms with Crippen LogP contribution in [0.4, 0.5) is 0 Å². The van der Waals surface area contributed by atoms with Crippen LogP contribution in [0.25, 0.3) is 0 Å². The average molecular weight is 149 g/mol. The van der Waals surface area contributed by atoms with E-state index in [9.17, 15) is 0 Å². The fourth-order valence-corrected chi connectivity index (χ4v) is 2.01. The molecule has 0 saturated heterocycles. The van der Waals surface area contributed by atoms with Crippen LogP contribution in [0.15, 0.2) is 23.3 Å². The molecule has 1 N–H and O–H groups in total. The summed E-state index contributed by atoms with van der Waals surface area (Å²) in [6, 6.07) is 0. The Morgan fingerprint density at radius 2 is 2.45 bits per heavy atom. The van der Waals surface area contributed by atoms with Crippen LogP contribution >= 0.6 is 0 Å². The highest BCUT2D eigenvalue weighted by Crippen LogP contribution is 2.27. The fourth-order valence-electron chi connectivity index (χ4n) is 2.01. The summed E-state index contributed by atoms with van der Waals surface area (Å²) >= 11 is 0. The van der Waals surface area contributed by atoms with Crippen LogP contribution in [-0.2, 0) is 0 Å². The molecule has 0 fully saturated rings. The topological polar surface area (TPSA) is 12.0 Å². The van der Waals surface area contributed by atoms with Gasteiger partial charge in [0.05, 0.1) is 0 Å². The zero-order valence-electron chi connectivity index (χ0n) is 7.06. The average Bonchev–Trinajstić information content (AvgIpc) is 2.06. The Kier molecular flexibility index (Phi) is 1.82. The van der Waals surface area contributed by atoms with Gasteiger partial charge in [0, 0.05) is 13.1 Å². The molecule has 1 heteroatoms. The third kappa shape index (κ3) is 1.25. The quantitative estimate of drug-likeness (QED) is 0.554. The van der Waals surface area contributed by atoms with Crippen molar-refractivity contribution in [3.05, 3.63) is 23.3 Å². The minimum absolute atomic E-state index is 0.767. The summed E-state index contributed by atoms with van der Waals surface area (Å²) in [5.41, 5.74) is 3.25. The molecule has 0 spiro atoms. The highest BCUT2D eigenvalue weighted by molar-refractivity contribution is 5.33. The smallest absolute Gasteiger partial charge is 0.0205 e. The van der Waals surface area contributed by atoms with E-state index >= 15 is 0 Å². The van der Waals surface area contributed by atoms with E-state index in [4.69, 9.17) is 0 Å². The Hall–Kier alpha value is -0.560. The summed E-state index contributed by atoms with van der Waals surface area (Å²) < 4.78 is 0. The number of nitrogens with one attached hydrogen (secondary N) is 1. The molecule has 60 valence electrons. The molecule has 1 unspecified atom stereocenters. The highest BCUT2D eigenvalue weighted by Gasteiger charge is 2.18. The van der Waals surface area contributed by atoms with Gasteiger partial charge in [-0.15, -0.1) is 0 Å². The molecule has 1 nitrogen and oxygen atoms in total. The normalized spacial score (nSPS) is 30.5. The number of hydrogen-bond donors (Lipinski definition) is 1. The molecule has 2 rings (SSSR count). The predicted octanol–water partition coefficient (Wildman–Crippen LogP) is 1.87. The molecular formula is C10H15N. The maximum absolute atomic E-state index is 3.42. The van der Waals surface area contributed by atoms with Crippen LogP contribution in [0.5, 0.6) is 0 Å². The SMILES string of the molecule is CC1CNCC2=C1CCC=C2. The summed E-state index contributed by atoms with van der Waals surface area (Å²) in [6.45, 7) is 4.59. The van der Waals surface area contributed by atoms with E-state index in [1.165, 1.54) is 19.4 Å². The van der Waals surface area contributed by atoms with E-state index in [0.29, 0.717) is 0 Å². The van der Waals surface area contributed by atoms with Gasteiger partial charge >= 0.3 is 0 Å². The molecule has 11 heavy (non-hydrogen) atoms. The maximum Gasteiger partial charge on any atom is 0.0205 e.